The number of esters is 1. The van der Waals surface area contributed by atoms with E-state index in [9.17, 15) is 29.1 Å². The number of hydrogen-bond acceptors (Lipinski definition) is 7. The Labute approximate surface area is 261 Å². The van der Waals surface area contributed by atoms with Crippen molar-refractivity contribution < 1.29 is 33.8 Å². The molecule has 3 aromatic carbocycles. The van der Waals surface area contributed by atoms with Gasteiger partial charge in [0, 0.05) is 35.1 Å². The second-order valence-electron chi connectivity index (χ2n) is 12.1. The van der Waals surface area contributed by atoms with Gasteiger partial charge in [-0.2, -0.15) is 0 Å². The van der Waals surface area contributed by atoms with Crippen LogP contribution in [0.2, 0.25) is 0 Å². The number of nitrogens with one attached hydrogen (secondary N) is 3. The van der Waals surface area contributed by atoms with E-state index in [4.69, 9.17) is 10.5 Å². The molecule has 11 nitrogen and oxygen atoms in total. The zero-order valence-electron chi connectivity index (χ0n) is 25.8. The number of nitrogens with two attached hydrogens (primary N) is 1. The highest BCUT2D eigenvalue weighted by Gasteiger charge is 2.41. The molecule has 236 valence electrons. The van der Waals surface area contributed by atoms with Crippen LogP contribution in [0.5, 0.6) is 0 Å². The summed E-state index contributed by atoms with van der Waals surface area (Å²) in [5, 5.41) is 18.5. The normalized spacial score (nSPS) is 14.1. The van der Waals surface area contributed by atoms with Crippen molar-refractivity contribution in [1.29, 1.82) is 0 Å². The molecule has 11 heteroatoms. The number of carboxylic acid groups (broad SMARTS) is 1. The molecule has 4 rings (SSSR count). The Kier molecular flexibility index (Phi) is 9.60. The fraction of sp³-hybridized carbons (Fsp3) is 0.324. The van der Waals surface area contributed by atoms with E-state index in [0.717, 1.165) is 6.42 Å². The summed E-state index contributed by atoms with van der Waals surface area (Å²) >= 11 is 0. The number of anilines is 2. The number of carbonyl (C=O) groups excluding carboxylic acids is 4. The molecular formula is C34H38N4O7. The topological polar surface area (TPSA) is 177 Å². The van der Waals surface area contributed by atoms with Gasteiger partial charge in [-0.25, -0.2) is 9.59 Å². The van der Waals surface area contributed by atoms with E-state index in [1.54, 1.807) is 64.2 Å². The van der Waals surface area contributed by atoms with Gasteiger partial charge >= 0.3 is 11.9 Å². The van der Waals surface area contributed by atoms with Crippen LogP contribution in [-0.2, 0) is 9.53 Å². The van der Waals surface area contributed by atoms with Crippen LogP contribution in [-0.4, -0.2) is 53.0 Å². The number of ether oxygens (including phenoxy) is 1. The van der Waals surface area contributed by atoms with E-state index in [1.165, 1.54) is 24.3 Å². The fourth-order valence-corrected chi connectivity index (χ4v) is 5.33. The number of aliphatic carboxylic acids is 1. The Hall–Kier alpha value is -5.19. The van der Waals surface area contributed by atoms with Crippen molar-refractivity contribution in [2.24, 2.45) is 5.73 Å². The van der Waals surface area contributed by atoms with E-state index in [-0.39, 0.29) is 22.3 Å². The fourth-order valence-electron chi connectivity index (χ4n) is 5.33. The highest BCUT2D eigenvalue weighted by molar-refractivity contribution is 6.12. The van der Waals surface area contributed by atoms with Gasteiger partial charge in [0.25, 0.3) is 11.8 Å². The highest BCUT2D eigenvalue weighted by atomic mass is 16.6. The summed E-state index contributed by atoms with van der Waals surface area (Å²) < 4.78 is 5.68. The quantitative estimate of drug-likeness (QED) is 0.204. The third-order valence-electron chi connectivity index (χ3n) is 7.62. The summed E-state index contributed by atoms with van der Waals surface area (Å²) in [6.45, 7) is 5.13. The summed E-state index contributed by atoms with van der Waals surface area (Å²) in [7, 11) is 1.70. The summed E-state index contributed by atoms with van der Waals surface area (Å²) in [6, 6.07) is 15.6. The molecule has 0 heterocycles. The van der Waals surface area contributed by atoms with Gasteiger partial charge in [0.05, 0.1) is 5.56 Å². The molecule has 45 heavy (non-hydrogen) atoms. The van der Waals surface area contributed by atoms with Gasteiger partial charge in [0.2, 0.25) is 5.91 Å². The highest BCUT2D eigenvalue weighted by Crippen LogP contribution is 2.33. The average Bonchev–Trinajstić information content (AvgIpc) is 3.00. The molecule has 1 aliphatic rings. The lowest BCUT2D eigenvalue weighted by Crippen LogP contribution is -2.55. The first kappa shape index (κ1) is 32.7. The maximum atomic E-state index is 13.7. The largest absolute Gasteiger partial charge is 0.480 e. The Bertz CT molecular complexity index is 1650. The molecule has 0 bridgehead atoms. The molecule has 0 unspecified atom stereocenters. The van der Waals surface area contributed by atoms with E-state index < -0.39 is 40.8 Å². The molecule has 0 aliphatic heterocycles. The Balaban J connectivity index is 1.79. The van der Waals surface area contributed by atoms with Crippen LogP contribution >= 0.6 is 0 Å². The Morgan fingerprint density at radius 3 is 2.09 bits per heavy atom. The first-order chi connectivity index (χ1) is 21.2. The number of benzene rings is 3. The molecule has 1 fully saturated rings. The number of hydrogen-bond donors (Lipinski definition) is 5. The lowest BCUT2D eigenvalue weighted by Gasteiger charge is -2.34. The van der Waals surface area contributed by atoms with Crippen molar-refractivity contribution in [2.45, 2.75) is 64.0 Å². The number of rotatable bonds is 9. The third kappa shape index (κ3) is 7.67. The van der Waals surface area contributed by atoms with E-state index in [1.807, 2.05) is 0 Å². The van der Waals surface area contributed by atoms with Crippen molar-refractivity contribution in [3.05, 3.63) is 82.9 Å². The standard InChI is InChI=1S/C34H38N4O7/c1-33(2,3)45-31(42)27-18-21(29(40)38-34(32(43)44)15-6-5-7-16-34)11-13-25(27)24-14-12-22(36-4)19-26(24)30(41)37-23-10-8-9-20(17-23)28(35)39/h8-14,17-19,36H,5-7,15-16H2,1-4H3,(H2,35,39)(H,37,41)(H,38,40)(H,43,44). The molecule has 1 saturated carbocycles. The number of carboxylic acids is 1. The van der Waals surface area contributed by atoms with Crippen LogP contribution in [0, 0.1) is 0 Å². The van der Waals surface area contributed by atoms with E-state index in [2.05, 4.69) is 16.0 Å². The zero-order valence-corrected chi connectivity index (χ0v) is 25.8. The van der Waals surface area contributed by atoms with Gasteiger partial charge in [-0.1, -0.05) is 37.5 Å². The van der Waals surface area contributed by atoms with Gasteiger partial charge in [0.15, 0.2) is 0 Å². The van der Waals surface area contributed by atoms with E-state index >= 15 is 0 Å². The van der Waals surface area contributed by atoms with Gasteiger partial charge in [0.1, 0.15) is 11.1 Å². The molecule has 1 aliphatic carbocycles. The monoisotopic (exact) mass is 614 g/mol. The third-order valence-corrected chi connectivity index (χ3v) is 7.62. The van der Waals surface area contributed by atoms with Crippen LogP contribution in [0.3, 0.4) is 0 Å². The van der Waals surface area contributed by atoms with E-state index in [0.29, 0.717) is 48.2 Å². The smallest absolute Gasteiger partial charge is 0.339 e. The summed E-state index contributed by atoms with van der Waals surface area (Å²) in [5.74, 6) is -3.63. The van der Waals surface area contributed by atoms with Crippen molar-refractivity contribution in [3.8, 4) is 11.1 Å². The van der Waals surface area contributed by atoms with Crippen LogP contribution in [0.1, 0.15) is 94.3 Å². The first-order valence-electron chi connectivity index (χ1n) is 14.7. The summed E-state index contributed by atoms with van der Waals surface area (Å²) in [4.78, 5) is 64.6. The molecule has 0 aromatic heterocycles. The maximum absolute atomic E-state index is 13.7. The Morgan fingerprint density at radius 1 is 0.800 bits per heavy atom. The molecule has 0 spiro atoms. The number of carbonyl (C=O) groups is 5. The van der Waals surface area contributed by atoms with Gasteiger partial charge in [-0.05, 0) is 87.2 Å². The zero-order chi connectivity index (χ0) is 32.9. The lowest BCUT2D eigenvalue weighted by atomic mass is 9.81. The second-order valence-corrected chi connectivity index (χ2v) is 12.1. The summed E-state index contributed by atoms with van der Waals surface area (Å²) in [6.07, 6.45) is 2.86. The average molecular weight is 615 g/mol. The van der Waals surface area contributed by atoms with Gasteiger partial charge in [-0.15, -0.1) is 0 Å². The molecule has 0 atom stereocenters. The minimum absolute atomic E-state index is 0.0209. The minimum Gasteiger partial charge on any atom is -0.480 e. The van der Waals surface area contributed by atoms with Crippen molar-refractivity contribution >= 4 is 41.0 Å². The van der Waals surface area contributed by atoms with Gasteiger partial charge in [-0.3, -0.25) is 14.4 Å². The number of amides is 3. The first-order valence-corrected chi connectivity index (χ1v) is 14.7. The van der Waals surface area contributed by atoms with Crippen LogP contribution in [0.4, 0.5) is 11.4 Å². The molecule has 0 radical (unpaired) electrons. The van der Waals surface area contributed by atoms with Crippen LogP contribution in [0.25, 0.3) is 11.1 Å². The number of primary amides is 1. The van der Waals surface area contributed by atoms with Crippen LogP contribution < -0.4 is 21.7 Å². The molecule has 3 aromatic rings. The van der Waals surface area contributed by atoms with Crippen LogP contribution in [0.15, 0.2) is 60.7 Å². The predicted molar refractivity (Wildman–Crippen MR) is 170 cm³/mol. The van der Waals surface area contributed by atoms with Gasteiger partial charge < -0.3 is 31.5 Å². The molecule has 0 saturated heterocycles. The minimum atomic E-state index is -1.39. The lowest BCUT2D eigenvalue weighted by molar-refractivity contribution is -0.145. The summed E-state index contributed by atoms with van der Waals surface area (Å²) in [5.41, 5.74) is 5.31. The molecular weight excluding hydrogens is 576 g/mol. The van der Waals surface area contributed by atoms with Crippen molar-refractivity contribution in [3.63, 3.8) is 0 Å². The van der Waals surface area contributed by atoms with Crippen molar-refractivity contribution in [1.82, 2.24) is 5.32 Å². The second kappa shape index (κ2) is 13.2. The SMILES string of the molecule is CNc1ccc(-c2ccc(C(=O)NC3(C(=O)O)CCCCC3)cc2C(=O)OC(C)(C)C)c(C(=O)Nc2cccc(C(N)=O)c2)c1. The molecule has 6 N–H and O–H groups in total. The Morgan fingerprint density at radius 2 is 1.47 bits per heavy atom. The predicted octanol–water partition coefficient (Wildman–Crippen LogP) is 5.22. The van der Waals surface area contributed by atoms with Crippen molar-refractivity contribution in [2.75, 3.05) is 17.7 Å². The maximum Gasteiger partial charge on any atom is 0.339 e. The molecule has 3 amide bonds.